The lowest BCUT2D eigenvalue weighted by Gasteiger charge is -2.29. The summed E-state index contributed by atoms with van der Waals surface area (Å²) in [4.78, 5) is 40.0. The quantitative estimate of drug-likeness (QED) is 0.317. The van der Waals surface area contributed by atoms with Gasteiger partial charge in [0, 0.05) is 26.7 Å². The number of hydrogen-bond acceptors (Lipinski definition) is 5. The van der Waals surface area contributed by atoms with Crippen LogP contribution in [0.4, 0.5) is 18.4 Å². The number of nitrogens with one attached hydrogen (secondary N) is 1. The summed E-state index contributed by atoms with van der Waals surface area (Å²) in [6, 6.07) is 4.16. The maximum atomic E-state index is 14.9. The zero-order valence-electron chi connectivity index (χ0n) is 26.4. The molecule has 0 unspecified atom stereocenters. The summed E-state index contributed by atoms with van der Waals surface area (Å²) < 4.78 is 40.5. The molecule has 3 amide bonds. The Hall–Kier alpha value is -4.21. The van der Waals surface area contributed by atoms with Crippen LogP contribution in [0.15, 0.2) is 72.3 Å². The zero-order chi connectivity index (χ0) is 32.7. The molecule has 1 aliphatic rings. The van der Waals surface area contributed by atoms with Gasteiger partial charge >= 0.3 is 12.2 Å². The third kappa shape index (κ3) is 11.2. The number of allylic oxidation sites excluding steroid dienone is 4. The monoisotopic (exact) mass is 599 g/mol. The first-order valence-corrected chi connectivity index (χ1v) is 13.9. The highest BCUT2D eigenvalue weighted by Gasteiger charge is 2.24. The molecule has 1 aromatic rings. The second-order valence-corrected chi connectivity index (χ2v) is 12.3. The van der Waals surface area contributed by atoms with Gasteiger partial charge in [-0.3, -0.25) is 4.79 Å². The molecule has 43 heavy (non-hydrogen) atoms. The number of halogens is 2. The minimum Gasteiger partial charge on any atom is -0.444 e. The minimum atomic E-state index is -0.858. The van der Waals surface area contributed by atoms with E-state index in [-0.39, 0.29) is 17.8 Å². The van der Waals surface area contributed by atoms with Gasteiger partial charge in [-0.15, -0.1) is 0 Å². The average Bonchev–Trinajstić information content (AvgIpc) is 2.89. The van der Waals surface area contributed by atoms with Crippen LogP contribution in [0.5, 0.6) is 0 Å². The summed E-state index contributed by atoms with van der Waals surface area (Å²) in [6.45, 7) is 20.7. The van der Waals surface area contributed by atoms with Gasteiger partial charge in [0.2, 0.25) is 0 Å². The fourth-order valence-electron chi connectivity index (χ4n) is 3.76. The van der Waals surface area contributed by atoms with Crippen molar-refractivity contribution in [3.8, 4) is 0 Å². The minimum absolute atomic E-state index is 0.209. The maximum absolute atomic E-state index is 14.9. The van der Waals surface area contributed by atoms with Crippen LogP contribution < -0.4 is 5.32 Å². The SMILES string of the molecule is C=C(/C=C(/F)C(=C)NC(=O)c1ccc(C2=CCN(C(=O)OC(C)(C)C)CC2)cc1F)/C(C)=C/CN(C)C(=O)OC(C)(C)C. The summed E-state index contributed by atoms with van der Waals surface area (Å²) in [5, 5.41) is 2.28. The van der Waals surface area contributed by atoms with Gasteiger partial charge in [-0.05, 0) is 95.4 Å². The number of likely N-dealkylation sites (N-methyl/N-ethyl adjacent to an activating group) is 1. The van der Waals surface area contributed by atoms with Crippen LogP contribution in [0.25, 0.3) is 5.57 Å². The van der Waals surface area contributed by atoms with Crippen molar-refractivity contribution in [1.82, 2.24) is 15.1 Å². The molecule has 1 heterocycles. The molecule has 0 saturated heterocycles. The highest BCUT2D eigenvalue weighted by molar-refractivity contribution is 5.96. The Morgan fingerprint density at radius 2 is 1.72 bits per heavy atom. The van der Waals surface area contributed by atoms with E-state index in [4.69, 9.17) is 9.47 Å². The molecular weight excluding hydrogens is 556 g/mol. The maximum Gasteiger partial charge on any atom is 0.410 e. The molecule has 1 aliphatic heterocycles. The first-order valence-electron chi connectivity index (χ1n) is 13.9. The molecule has 0 spiro atoms. The largest absolute Gasteiger partial charge is 0.444 e. The molecule has 0 fully saturated rings. The normalized spacial score (nSPS) is 14.5. The first kappa shape index (κ1) is 35.0. The van der Waals surface area contributed by atoms with E-state index in [2.05, 4.69) is 18.5 Å². The van der Waals surface area contributed by atoms with Crippen molar-refractivity contribution in [3.63, 3.8) is 0 Å². The Balaban J connectivity index is 2.00. The standard InChI is InChI=1S/C33H43F2N3O5/c1-21(13-16-37(10)30(40)42-32(4,5)6)22(2)19-27(34)23(3)36-29(39)26-12-11-25(20-28(26)35)24-14-17-38(18-15-24)31(41)43-33(7,8)9/h11-14,19-20H,2-3,15-18H2,1,4-10H3,(H,36,39)/b21-13+,27-19+. The number of nitrogens with zero attached hydrogens (tertiary/aromatic N) is 2. The van der Waals surface area contributed by atoms with E-state index in [9.17, 15) is 23.2 Å². The van der Waals surface area contributed by atoms with Gasteiger partial charge in [-0.1, -0.05) is 31.4 Å². The van der Waals surface area contributed by atoms with Crippen LogP contribution >= 0.6 is 0 Å². The highest BCUT2D eigenvalue weighted by atomic mass is 19.1. The highest BCUT2D eigenvalue weighted by Crippen LogP contribution is 2.25. The lowest BCUT2D eigenvalue weighted by atomic mass is 9.98. The molecule has 0 saturated carbocycles. The van der Waals surface area contributed by atoms with E-state index in [1.165, 1.54) is 17.0 Å². The average molecular weight is 600 g/mol. The van der Waals surface area contributed by atoms with E-state index >= 15 is 0 Å². The predicted octanol–water partition coefficient (Wildman–Crippen LogP) is 7.32. The first-order chi connectivity index (χ1) is 19.8. The van der Waals surface area contributed by atoms with Crippen molar-refractivity contribution in [2.24, 2.45) is 0 Å². The zero-order valence-corrected chi connectivity index (χ0v) is 26.4. The van der Waals surface area contributed by atoms with Crippen LogP contribution in [0.1, 0.15) is 70.8 Å². The molecule has 0 bridgehead atoms. The Bertz CT molecular complexity index is 1360. The van der Waals surface area contributed by atoms with Gasteiger partial charge in [-0.25, -0.2) is 18.4 Å². The third-order valence-electron chi connectivity index (χ3n) is 6.18. The topological polar surface area (TPSA) is 88.2 Å². The number of hydrogen-bond donors (Lipinski definition) is 1. The van der Waals surface area contributed by atoms with Crippen molar-refractivity contribution in [2.75, 3.05) is 26.7 Å². The number of amides is 3. The molecule has 8 nitrogen and oxygen atoms in total. The van der Waals surface area contributed by atoms with Gasteiger partial charge in [0.15, 0.2) is 0 Å². The second-order valence-electron chi connectivity index (χ2n) is 12.3. The number of benzene rings is 1. The summed E-state index contributed by atoms with van der Waals surface area (Å²) in [5.74, 6) is -2.49. The van der Waals surface area contributed by atoms with Gasteiger partial charge < -0.3 is 24.6 Å². The summed E-state index contributed by atoms with van der Waals surface area (Å²) in [5.41, 5.74) is 0.452. The van der Waals surface area contributed by atoms with Gasteiger partial charge in [-0.2, -0.15) is 0 Å². The van der Waals surface area contributed by atoms with Crippen LogP contribution in [0.3, 0.4) is 0 Å². The third-order valence-corrected chi connectivity index (χ3v) is 6.18. The molecule has 0 aromatic heterocycles. The molecule has 10 heteroatoms. The van der Waals surface area contributed by atoms with Crippen molar-refractivity contribution in [1.29, 1.82) is 0 Å². The number of rotatable bonds is 8. The van der Waals surface area contributed by atoms with E-state index in [0.717, 1.165) is 11.6 Å². The lowest BCUT2D eigenvalue weighted by molar-refractivity contribution is 0.0268. The Morgan fingerprint density at radius 3 is 2.26 bits per heavy atom. The van der Waals surface area contributed by atoms with Gasteiger partial charge in [0.1, 0.15) is 22.8 Å². The smallest absolute Gasteiger partial charge is 0.410 e. The summed E-state index contributed by atoms with van der Waals surface area (Å²) >= 11 is 0. The Labute approximate surface area is 253 Å². The van der Waals surface area contributed by atoms with Crippen molar-refractivity contribution in [2.45, 2.75) is 66.1 Å². The Kier molecular flexibility index (Phi) is 11.6. The fourth-order valence-corrected chi connectivity index (χ4v) is 3.76. The van der Waals surface area contributed by atoms with Crippen LogP contribution in [0, 0.1) is 5.82 Å². The second kappa shape index (κ2) is 14.3. The summed E-state index contributed by atoms with van der Waals surface area (Å²) in [6.07, 6.45) is 4.18. The van der Waals surface area contributed by atoms with E-state index in [0.29, 0.717) is 36.2 Å². The molecule has 1 aromatic carbocycles. The molecule has 0 aliphatic carbocycles. The fraction of sp³-hybridized carbons (Fsp3) is 0.424. The van der Waals surface area contributed by atoms with Crippen molar-refractivity contribution in [3.05, 3.63) is 89.2 Å². The number of carbonyl (C=O) groups is 3. The molecule has 2 rings (SSSR count). The van der Waals surface area contributed by atoms with Crippen molar-refractivity contribution >= 4 is 23.7 Å². The van der Waals surface area contributed by atoms with E-state index < -0.39 is 40.9 Å². The molecular formula is C33H43F2N3O5. The van der Waals surface area contributed by atoms with Crippen LogP contribution in [-0.2, 0) is 9.47 Å². The Morgan fingerprint density at radius 1 is 1.09 bits per heavy atom. The predicted molar refractivity (Wildman–Crippen MR) is 164 cm³/mol. The molecule has 234 valence electrons. The number of ether oxygens (including phenoxy) is 2. The van der Waals surface area contributed by atoms with Gasteiger partial charge in [0.25, 0.3) is 5.91 Å². The summed E-state index contributed by atoms with van der Waals surface area (Å²) in [7, 11) is 1.58. The molecule has 0 atom stereocenters. The molecule has 0 radical (unpaired) electrons. The van der Waals surface area contributed by atoms with Crippen LogP contribution in [-0.4, -0.2) is 65.8 Å². The van der Waals surface area contributed by atoms with Crippen LogP contribution in [0.2, 0.25) is 0 Å². The van der Waals surface area contributed by atoms with E-state index in [1.807, 2.05) is 6.08 Å². The van der Waals surface area contributed by atoms with Crippen molar-refractivity contribution < 1.29 is 32.6 Å². The number of carbonyl (C=O) groups excluding carboxylic acids is 3. The molecule has 1 N–H and O–H groups in total. The lowest BCUT2D eigenvalue weighted by Crippen LogP contribution is -2.39. The van der Waals surface area contributed by atoms with E-state index in [1.54, 1.807) is 72.6 Å². The van der Waals surface area contributed by atoms with Gasteiger partial charge in [0.05, 0.1) is 11.3 Å².